The fourth-order valence-electron chi connectivity index (χ4n) is 4.09. The second-order valence-corrected chi connectivity index (χ2v) is 8.38. The van der Waals surface area contributed by atoms with Gasteiger partial charge < -0.3 is 20.4 Å². The topological polar surface area (TPSA) is 77.8 Å². The number of hydrogen-bond acceptors (Lipinski definition) is 6. The number of carbonyl (C=O) groups is 1. The van der Waals surface area contributed by atoms with Crippen molar-refractivity contribution in [1.82, 2.24) is 19.3 Å². The molecule has 1 saturated heterocycles. The molecule has 0 spiro atoms. The molecule has 0 unspecified atom stereocenters. The number of nitrogens with zero attached hydrogens (tertiary/aromatic N) is 5. The maximum Gasteiger partial charge on any atom is 0.247 e. The molecule has 8 heteroatoms. The van der Waals surface area contributed by atoms with Gasteiger partial charge in [-0.25, -0.2) is 4.98 Å². The highest BCUT2D eigenvalue weighted by atomic mass is 16.1. The highest BCUT2D eigenvalue weighted by Gasteiger charge is 2.14. The Bertz CT molecular complexity index is 1320. The Balaban J connectivity index is 1.36. The molecule has 2 N–H and O–H groups in total. The Morgan fingerprint density at radius 3 is 2.59 bits per heavy atom. The number of rotatable bonds is 6. The Labute approximate surface area is 198 Å². The minimum atomic E-state index is -0.244. The summed E-state index contributed by atoms with van der Waals surface area (Å²) in [6, 6.07) is 18.0. The number of benzene rings is 2. The first-order valence-electron chi connectivity index (χ1n) is 11.3. The lowest BCUT2D eigenvalue weighted by Gasteiger charge is -2.34. The van der Waals surface area contributed by atoms with Crippen LogP contribution in [0.4, 0.5) is 23.0 Å². The molecule has 8 nitrogen and oxygen atoms in total. The van der Waals surface area contributed by atoms with Crippen LogP contribution in [0.3, 0.4) is 0 Å². The van der Waals surface area contributed by atoms with E-state index in [2.05, 4.69) is 63.3 Å². The van der Waals surface area contributed by atoms with Crippen LogP contribution in [0.15, 0.2) is 79.8 Å². The van der Waals surface area contributed by atoms with Crippen LogP contribution in [0.1, 0.15) is 0 Å². The number of amides is 1. The van der Waals surface area contributed by atoms with Gasteiger partial charge in [-0.1, -0.05) is 18.7 Å². The smallest absolute Gasteiger partial charge is 0.247 e. The molecule has 0 atom stereocenters. The van der Waals surface area contributed by atoms with E-state index in [1.807, 2.05) is 40.9 Å². The first-order valence-corrected chi connectivity index (χ1v) is 11.3. The molecule has 1 amide bonds. The van der Waals surface area contributed by atoms with Crippen LogP contribution < -0.4 is 15.5 Å². The van der Waals surface area contributed by atoms with Crippen molar-refractivity contribution >= 4 is 34.6 Å². The van der Waals surface area contributed by atoms with Gasteiger partial charge in [0.1, 0.15) is 12.0 Å². The van der Waals surface area contributed by atoms with E-state index in [1.54, 1.807) is 6.33 Å². The maximum atomic E-state index is 11.7. The number of carbonyl (C=O) groups excluding carboxylic acids is 1. The first-order chi connectivity index (χ1) is 16.6. The minimum absolute atomic E-state index is 0.244. The number of piperazine rings is 1. The monoisotopic (exact) mass is 453 g/mol. The van der Waals surface area contributed by atoms with Gasteiger partial charge in [0.15, 0.2) is 0 Å². The van der Waals surface area contributed by atoms with Gasteiger partial charge in [0, 0.05) is 55.0 Å². The maximum absolute atomic E-state index is 11.7. The van der Waals surface area contributed by atoms with Gasteiger partial charge in [0.05, 0.1) is 0 Å². The van der Waals surface area contributed by atoms with E-state index in [1.165, 1.54) is 11.8 Å². The third kappa shape index (κ3) is 4.62. The van der Waals surface area contributed by atoms with Crippen molar-refractivity contribution in [2.75, 3.05) is 48.8 Å². The lowest BCUT2D eigenvalue weighted by atomic mass is 10.1. The van der Waals surface area contributed by atoms with Crippen LogP contribution in [0.5, 0.6) is 0 Å². The van der Waals surface area contributed by atoms with Crippen molar-refractivity contribution in [3.05, 3.63) is 79.8 Å². The highest BCUT2D eigenvalue weighted by molar-refractivity contribution is 5.99. The van der Waals surface area contributed by atoms with Gasteiger partial charge in [0.2, 0.25) is 11.9 Å². The number of aromatic nitrogens is 3. The summed E-state index contributed by atoms with van der Waals surface area (Å²) < 4.78 is 1.88. The normalized spacial score (nSPS) is 14.2. The van der Waals surface area contributed by atoms with E-state index in [0.29, 0.717) is 11.6 Å². The molecule has 1 fully saturated rings. The summed E-state index contributed by atoms with van der Waals surface area (Å²) in [5.74, 6) is 0.280. The molecule has 3 heterocycles. The van der Waals surface area contributed by atoms with Gasteiger partial charge in [-0.15, -0.1) is 0 Å². The highest BCUT2D eigenvalue weighted by Crippen LogP contribution is 2.28. The number of anilines is 4. The van der Waals surface area contributed by atoms with E-state index in [-0.39, 0.29) is 5.91 Å². The zero-order valence-electron chi connectivity index (χ0n) is 19.1. The van der Waals surface area contributed by atoms with Gasteiger partial charge in [-0.3, -0.25) is 9.20 Å². The third-order valence-corrected chi connectivity index (χ3v) is 6.02. The standard InChI is InChI=1S/C26H27N7O/c1-3-24(34)28-21-6-4-5-19(17-21)23-11-12-33-18-27-26(30-25(23)33)29-20-7-9-22(10-8-20)32-15-13-31(2)14-16-32/h3-12,17-18H,1,13-16H2,2H3,(H,28,34)(H,29,30). The lowest BCUT2D eigenvalue weighted by molar-refractivity contribution is -0.111. The predicted molar refractivity (Wildman–Crippen MR) is 137 cm³/mol. The molecule has 0 saturated carbocycles. The Kier molecular flexibility index (Phi) is 5.97. The summed E-state index contributed by atoms with van der Waals surface area (Å²) in [5, 5.41) is 6.12. The van der Waals surface area contributed by atoms with Crippen molar-refractivity contribution in [2.24, 2.45) is 0 Å². The zero-order valence-corrected chi connectivity index (χ0v) is 19.1. The molecule has 0 aliphatic carbocycles. The van der Waals surface area contributed by atoms with Crippen molar-refractivity contribution < 1.29 is 4.79 Å². The molecule has 4 aromatic rings. The molecule has 0 radical (unpaired) electrons. The average Bonchev–Trinajstić information content (AvgIpc) is 3.28. The number of nitrogens with one attached hydrogen (secondary N) is 2. The second-order valence-electron chi connectivity index (χ2n) is 8.38. The molecule has 1 aliphatic rings. The van der Waals surface area contributed by atoms with Crippen LogP contribution in [-0.2, 0) is 4.79 Å². The van der Waals surface area contributed by atoms with E-state index < -0.39 is 0 Å². The van der Waals surface area contributed by atoms with E-state index in [9.17, 15) is 4.79 Å². The van der Waals surface area contributed by atoms with Gasteiger partial charge in [0.25, 0.3) is 0 Å². The SMILES string of the molecule is C=CC(=O)Nc1cccc(-c2ccn3cnc(Nc4ccc(N5CCN(C)CC5)cc4)nc23)c1. The van der Waals surface area contributed by atoms with Crippen LogP contribution in [-0.4, -0.2) is 58.4 Å². The van der Waals surface area contributed by atoms with Crippen molar-refractivity contribution in [1.29, 1.82) is 0 Å². The largest absolute Gasteiger partial charge is 0.369 e. The molecular formula is C26H27N7O. The fourth-order valence-corrected chi connectivity index (χ4v) is 4.09. The Hall–Kier alpha value is -4.17. The van der Waals surface area contributed by atoms with Gasteiger partial charge in [-0.05, 0) is 61.2 Å². The van der Waals surface area contributed by atoms with Crippen LogP contribution >= 0.6 is 0 Å². The number of likely N-dealkylation sites (N-methyl/N-ethyl adjacent to an activating group) is 1. The van der Waals surface area contributed by atoms with E-state index in [4.69, 9.17) is 4.98 Å². The summed E-state index contributed by atoms with van der Waals surface area (Å²) in [6.45, 7) is 7.74. The molecule has 5 rings (SSSR count). The van der Waals surface area contributed by atoms with Crippen molar-refractivity contribution in [3.8, 4) is 11.1 Å². The van der Waals surface area contributed by atoms with E-state index in [0.717, 1.165) is 48.6 Å². The van der Waals surface area contributed by atoms with Gasteiger partial charge in [-0.2, -0.15) is 4.98 Å². The summed E-state index contributed by atoms with van der Waals surface area (Å²) in [4.78, 5) is 25.6. The summed E-state index contributed by atoms with van der Waals surface area (Å²) in [6.07, 6.45) is 4.92. The zero-order chi connectivity index (χ0) is 23.5. The van der Waals surface area contributed by atoms with Crippen LogP contribution in [0, 0.1) is 0 Å². The van der Waals surface area contributed by atoms with Crippen LogP contribution in [0.25, 0.3) is 16.8 Å². The minimum Gasteiger partial charge on any atom is -0.369 e. The number of fused-ring (bicyclic) bond motifs is 1. The molecule has 0 bridgehead atoms. The Morgan fingerprint density at radius 2 is 1.82 bits per heavy atom. The van der Waals surface area contributed by atoms with Crippen LogP contribution in [0.2, 0.25) is 0 Å². The third-order valence-electron chi connectivity index (χ3n) is 6.02. The molecule has 2 aromatic carbocycles. The fraction of sp³-hybridized carbons (Fsp3) is 0.192. The quantitative estimate of drug-likeness (QED) is 0.430. The van der Waals surface area contributed by atoms with E-state index >= 15 is 0 Å². The first kappa shape index (κ1) is 21.7. The molecular weight excluding hydrogens is 426 g/mol. The average molecular weight is 454 g/mol. The molecule has 2 aromatic heterocycles. The predicted octanol–water partition coefficient (Wildman–Crippen LogP) is 4.02. The summed E-state index contributed by atoms with van der Waals surface area (Å²) in [5.41, 5.74) is 5.54. The molecule has 1 aliphatic heterocycles. The number of hydrogen-bond donors (Lipinski definition) is 2. The van der Waals surface area contributed by atoms with Gasteiger partial charge >= 0.3 is 0 Å². The summed E-state index contributed by atoms with van der Waals surface area (Å²) in [7, 11) is 2.16. The Morgan fingerprint density at radius 1 is 1.03 bits per heavy atom. The molecule has 172 valence electrons. The van der Waals surface area contributed by atoms with Crippen molar-refractivity contribution in [2.45, 2.75) is 0 Å². The molecule has 34 heavy (non-hydrogen) atoms. The summed E-state index contributed by atoms with van der Waals surface area (Å²) >= 11 is 0. The van der Waals surface area contributed by atoms with Crippen molar-refractivity contribution in [3.63, 3.8) is 0 Å². The second kappa shape index (κ2) is 9.36. The lowest BCUT2D eigenvalue weighted by Crippen LogP contribution is -2.44.